The molecule has 0 unspecified atom stereocenters. The number of carbonyl (C=O) groups excluding carboxylic acids is 1. The molecule has 0 saturated heterocycles. The summed E-state index contributed by atoms with van der Waals surface area (Å²) >= 11 is 1.48. The zero-order valence-electron chi connectivity index (χ0n) is 15.0. The average Bonchev–Trinajstić information content (AvgIpc) is 3.10. The maximum absolute atomic E-state index is 12.1. The number of nitrogens with zero attached hydrogens (tertiary/aromatic N) is 1. The number of hydrogen-bond donors (Lipinski definition) is 1. The Hall–Kier alpha value is -2.23. The van der Waals surface area contributed by atoms with Crippen LogP contribution >= 0.6 is 11.8 Å². The second kappa shape index (κ2) is 8.20. The topological polar surface area (TPSA) is 84.9 Å². The van der Waals surface area contributed by atoms with E-state index in [1.807, 2.05) is 18.2 Å². The Morgan fingerprint density at radius 2 is 1.81 bits per heavy atom. The minimum absolute atomic E-state index is 0.149. The van der Waals surface area contributed by atoms with Crippen molar-refractivity contribution in [2.45, 2.75) is 10.6 Å². The molecule has 2 aromatic rings. The second-order valence-electron chi connectivity index (χ2n) is 6.04. The van der Waals surface area contributed by atoms with Gasteiger partial charge in [-0.2, -0.15) is 0 Å². The Balaban J connectivity index is 1.49. The van der Waals surface area contributed by atoms with E-state index in [4.69, 9.17) is 9.47 Å². The molecule has 1 aliphatic rings. The van der Waals surface area contributed by atoms with E-state index in [9.17, 15) is 13.2 Å². The van der Waals surface area contributed by atoms with Gasteiger partial charge in [0, 0.05) is 25.5 Å². The van der Waals surface area contributed by atoms with Gasteiger partial charge in [-0.1, -0.05) is 6.07 Å². The lowest BCUT2D eigenvalue weighted by Crippen LogP contribution is -2.22. The van der Waals surface area contributed by atoms with Crippen molar-refractivity contribution in [3.63, 3.8) is 0 Å². The summed E-state index contributed by atoms with van der Waals surface area (Å²) in [6, 6.07) is 11.8. The summed E-state index contributed by atoms with van der Waals surface area (Å²) in [4.78, 5) is 12.3. The summed E-state index contributed by atoms with van der Waals surface area (Å²) < 4.78 is 35.8. The van der Waals surface area contributed by atoms with Gasteiger partial charge in [-0.25, -0.2) is 12.7 Å². The summed E-state index contributed by atoms with van der Waals surface area (Å²) in [6.07, 6.45) is 0. The molecule has 3 rings (SSSR count). The van der Waals surface area contributed by atoms with Crippen LogP contribution in [0.2, 0.25) is 0 Å². The van der Waals surface area contributed by atoms with Crippen molar-refractivity contribution < 1.29 is 22.7 Å². The first-order valence-electron chi connectivity index (χ1n) is 8.15. The van der Waals surface area contributed by atoms with Crippen LogP contribution in [0.1, 0.15) is 5.56 Å². The van der Waals surface area contributed by atoms with Crippen LogP contribution in [0, 0.1) is 0 Å². The van der Waals surface area contributed by atoms with Crippen molar-refractivity contribution in [2.24, 2.45) is 0 Å². The van der Waals surface area contributed by atoms with Crippen molar-refractivity contribution in [2.75, 3.05) is 32.0 Å². The Bertz CT molecular complexity index is 927. The van der Waals surface area contributed by atoms with Gasteiger partial charge in [0.1, 0.15) is 0 Å². The molecule has 0 bridgehead atoms. The van der Waals surface area contributed by atoms with Gasteiger partial charge in [-0.15, -0.1) is 11.8 Å². The highest BCUT2D eigenvalue weighted by Gasteiger charge is 2.17. The predicted octanol–water partition coefficient (Wildman–Crippen LogP) is 2.54. The van der Waals surface area contributed by atoms with Gasteiger partial charge in [0.2, 0.25) is 22.7 Å². The van der Waals surface area contributed by atoms with Gasteiger partial charge in [0.25, 0.3) is 0 Å². The predicted molar refractivity (Wildman–Crippen MR) is 105 cm³/mol. The van der Waals surface area contributed by atoms with E-state index < -0.39 is 10.0 Å². The summed E-state index contributed by atoms with van der Waals surface area (Å²) in [6.45, 7) is 0.239. The van der Waals surface area contributed by atoms with Gasteiger partial charge >= 0.3 is 0 Å². The zero-order valence-corrected chi connectivity index (χ0v) is 16.6. The molecule has 0 aliphatic carbocycles. The Morgan fingerprint density at radius 3 is 2.52 bits per heavy atom. The van der Waals surface area contributed by atoms with Gasteiger partial charge in [0.15, 0.2) is 11.5 Å². The number of anilines is 1. The summed E-state index contributed by atoms with van der Waals surface area (Å²) in [5.41, 5.74) is 1.61. The van der Waals surface area contributed by atoms with Crippen LogP contribution < -0.4 is 14.8 Å². The van der Waals surface area contributed by atoms with Crippen LogP contribution in [-0.2, 0) is 20.6 Å². The van der Waals surface area contributed by atoms with E-state index >= 15 is 0 Å². The third kappa shape index (κ3) is 4.74. The van der Waals surface area contributed by atoms with Crippen molar-refractivity contribution in [1.29, 1.82) is 0 Å². The number of rotatable bonds is 7. The number of hydrogen-bond acceptors (Lipinski definition) is 6. The maximum atomic E-state index is 12.1. The van der Waals surface area contributed by atoms with Crippen molar-refractivity contribution in [3.05, 3.63) is 48.0 Å². The Labute approximate surface area is 162 Å². The molecular weight excluding hydrogens is 388 g/mol. The van der Waals surface area contributed by atoms with E-state index in [1.165, 1.54) is 38.0 Å². The molecule has 0 atom stereocenters. The van der Waals surface area contributed by atoms with Gasteiger partial charge in [0.05, 0.1) is 10.6 Å². The normalized spacial score (nSPS) is 13.0. The van der Waals surface area contributed by atoms with Crippen LogP contribution in [0.4, 0.5) is 5.69 Å². The van der Waals surface area contributed by atoms with Crippen LogP contribution in [-0.4, -0.2) is 45.3 Å². The molecule has 144 valence electrons. The fraction of sp³-hybridized carbons (Fsp3) is 0.278. The van der Waals surface area contributed by atoms with E-state index in [0.29, 0.717) is 11.4 Å². The van der Waals surface area contributed by atoms with E-state index in [2.05, 4.69) is 5.32 Å². The first-order chi connectivity index (χ1) is 12.9. The highest BCUT2D eigenvalue weighted by Crippen LogP contribution is 2.33. The van der Waals surface area contributed by atoms with Crippen LogP contribution in [0.15, 0.2) is 47.4 Å². The molecule has 2 aromatic carbocycles. The molecule has 0 spiro atoms. The fourth-order valence-electron chi connectivity index (χ4n) is 2.41. The largest absolute Gasteiger partial charge is 0.454 e. The lowest BCUT2D eigenvalue weighted by Gasteiger charge is -2.12. The van der Waals surface area contributed by atoms with Crippen molar-refractivity contribution >= 4 is 33.4 Å². The highest BCUT2D eigenvalue weighted by molar-refractivity contribution is 7.99. The second-order valence-corrected chi connectivity index (χ2v) is 9.18. The molecular formula is C18H20N2O5S2. The van der Waals surface area contributed by atoms with E-state index in [-0.39, 0.29) is 23.3 Å². The molecule has 1 heterocycles. The third-order valence-electron chi connectivity index (χ3n) is 3.86. The first kappa shape index (κ1) is 19.5. The summed E-state index contributed by atoms with van der Waals surface area (Å²) in [5.74, 6) is 2.27. The number of thioether (sulfide) groups is 1. The van der Waals surface area contributed by atoms with E-state index in [1.54, 1.807) is 12.1 Å². The standard InChI is InChI=1S/C18H20N2O5S2/c1-20(2)27(22,23)15-6-4-14(5-7-15)19-18(21)11-26-10-13-3-8-16-17(9-13)25-12-24-16/h3-9H,10-12H2,1-2H3,(H,19,21). The number of sulfonamides is 1. The zero-order chi connectivity index (χ0) is 19.4. The van der Waals surface area contributed by atoms with Gasteiger partial charge in [-0.05, 0) is 42.0 Å². The number of nitrogens with one attached hydrogen (secondary N) is 1. The quantitative estimate of drug-likeness (QED) is 0.758. The molecule has 0 aromatic heterocycles. The molecule has 1 amide bonds. The first-order valence-corrected chi connectivity index (χ1v) is 10.7. The van der Waals surface area contributed by atoms with Crippen LogP contribution in [0.3, 0.4) is 0 Å². The Kier molecular flexibility index (Phi) is 5.93. The van der Waals surface area contributed by atoms with E-state index in [0.717, 1.165) is 21.4 Å². The summed E-state index contributed by atoms with van der Waals surface area (Å²) in [5, 5.41) is 2.76. The van der Waals surface area contributed by atoms with Gasteiger partial charge in [-0.3, -0.25) is 4.79 Å². The number of ether oxygens (including phenoxy) is 2. The minimum Gasteiger partial charge on any atom is -0.454 e. The van der Waals surface area contributed by atoms with Crippen molar-refractivity contribution in [1.82, 2.24) is 4.31 Å². The smallest absolute Gasteiger partial charge is 0.242 e. The fourth-order valence-corrected chi connectivity index (χ4v) is 4.09. The Morgan fingerprint density at radius 1 is 1.11 bits per heavy atom. The van der Waals surface area contributed by atoms with Crippen molar-refractivity contribution in [3.8, 4) is 11.5 Å². The van der Waals surface area contributed by atoms with Crippen LogP contribution in [0.25, 0.3) is 0 Å². The third-order valence-corrected chi connectivity index (χ3v) is 6.69. The number of benzene rings is 2. The number of amides is 1. The minimum atomic E-state index is -3.47. The molecule has 0 saturated carbocycles. The molecule has 7 nitrogen and oxygen atoms in total. The molecule has 9 heteroatoms. The lowest BCUT2D eigenvalue weighted by molar-refractivity contribution is -0.113. The maximum Gasteiger partial charge on any atom is 0.242 e. The average molecular weight is 409 g/mol. The molecule has 1 aliphatic heterocycles. The highest BCUT2D eigenvalue weighted by atomic mass is 32.2. The van der Waals surface area contributed by atoms with Gasteiger partial charge < -0.3 is 14.8 Å². The molecule has 0 fully saturated rings. The number of fused-ring (bicyclic) bond motifs is 1. The monoisotopic (exact) mass is 408 g/mol. The number of carbonyl (C=O) groups is 1. The summed E-state index contributed by atoms with van der Waals surface area (Å²) in [7, 11) is -0.525. The molecule has 1 N–H and O–H groups in total. The SMILES string of the molecule is CN(C)S(=O)(=O)c1ccc(NC(=O)CSCc2ccc3c(c2)OCO3)cc1. The molecule has 27 heavy (non-hydrogen) atoms. The molecule has 0 radical (unpaired) electrons. The lowest BCUT2D eigenvalue weighted by atomic mass is 10.2. The van der Waals surface area contributed by atoms with Crippen LogP contribution in [0.5, 0.6) is 11.5 Å².